The molecule has 2 aliphatic heterocycles. The molecule has 0 atom stereocenters. The maximum atomic E-state index is 11.4. The molecule has 2 fully saturated rings. The molecule has 0 aromatic rings. The zero-order valence-electron chi connectivity index (χ0n) is 11.4. The van der Waals surface area contributed by atoms with Gasteiger partial charge in [0.25, 0.3) is 0 Å². The standard InChI is InChI=1S/C12H20N4O3/c1-12(2,8-15-4-3-13-9(17)5-15)16-6-10(18)14-11(19)7-16/h3-8H2,1-2H3,(H,13,17)(H,14,18,19). The van der Waals surface area contributed by atoms with Crippen LogP contribution in [0.2, 0.25) is 0 Å². The molecule has 7 heteroatoms. The summed E-state index contributed by atoms with van der Waals surface area (Å²) in [5.41, 5.74) is -0.328. The molecule has 19 heavy (non-hydrogen) atoms. The molecule has 0 bridgehead atoms. The van der Waals surface area contributed by atoms with Gasteiger partial charge in [0.05, 0.1) is 19.6 Å². The van der Waals surface area contributed by atoms with Gasteiger partial charge in [-0.15, -0.1) is 0 Å². The number of carbonyl (C=O) groups is 3. The molecule has 2 rings (SSSR count). The Morgan fingerprint density at radius 2 is 1.68 bits per heavy atom. The maximum absolute atomic E-state index is 11.4. The number of imide groups is 1. The van der Waals surface area contributed by atoms with E-state index in [4.69, 9.17) is 0 Å². The average Bonchev–Trinajstić information content (AvgIpc) is 2.26. The van der Waals surface area contributed by atoms with E-state index < -0.39 is 0 Å². The number of piperazine rings is 2. The van der Waals surface area contributed by atoms with Crippen molar-refractivity contribution in [2.45, 2.75) is 19.4 Å². The highest BCUT2D eigenvalue weighted by Gasteiger charge is 2.35. The number of nitrogens with one attached hydrogen (secondary N) is 2. The van der Waals surface area contributed by atoms with Gasteiger partial charge in [-0.25, -0.2) is 0 Å². The molecule has 2 saturated heterocycles. The van der Waals surface area contributed by atoms with Crippen molar-refractivity contribution >= 4 is 17.7 Å². The maximum Gasteiger partial charge on any atom is 0.240 e. The van der Waals surface area contributed by atoms with Crippen LogP contribution < -0.4 is 10.6 Å². The van der Waals surface area contributed by atoms with Crippen LogP contribution in [0.1, 0.15) is 13.8 Å². The Hall–Kier alpha value is -1.47. The molecule has 106 valence electrons. The van der Waals surface area contributed by atoms with Crippen molar-refractivity contribution in [3.8, 4) is 0 Å². The third-order valence-corrected chi connectivity index (χ3v) is 3.53. The molecule has 0 unspecified atom stereocenters. The Kier molecular flexibility index (Phi) is 3.86. The summed E-state index contributed by atoms with van der Waals surface area (Å²) in [5, 5.41) is 5.07. The number of hydrogen-bond acceptors (Lipinski definition) is 5. The lowest BCUT2D eigenvalue weighted by Gasteiger charge is -2.43. The highest BCUT2D eigenvalue weighted by molar-refractivity contribution is 5.99. The van der Waals surface area contributed by atoms with Crippen LogP contribution >= 0.6 is 0 Å². The molecule has 0 saturated carbocycles. The molecule has 2 aliphatic rings. The molecule has 0 aromatic heterocycles. The van der Waals surface area contributed by atoms with Crippen molar-refractivity contribution in [3.63, 3.8) is 0 Å². The molecule has 0 spiro atoms. The lowest BCUT2D eigenvalue weighted by molar-refractivity contribution is -0.139. The van der Waals surface area contributed by atoms with Crippen LogP contribution in [0.15, 0.2) is 0 Å². The molecule has 0 aromatic carbocycles. The molecule has 0 radical (unpaired) electrons. The fourth-order valence-corrected chi connectivity index (χ4v) is 2.54. The average molecular weight is 268 g/mol. The van der Waals surface area contributed by atoms with Crippen LogP contribution in [-0.2, 0) is 14.4 Å². The van der Waals surface area contributed by atoms with Crippen LogP contribution in [0.4, 0.5) is 0 Å². The van der Waals surface area contributed by atoms with Crippen molar-refractivity contribution < 1.29 is 14.4 Å². The summed E-state index contributed by atoms with van der Waals surface area (Å²) < 4.78 is 0. The topological polar surface area (TPSA) is 81.8 Å². The SMILES string of the molecule is CC(C)(CN1CCNC(=O)C1)N1CC(=O)NC(=O)C1. The quantitative estimate of drug-likeness (QED) is 0.588. The Labute approximate surface area is 112 Å². The summed E-state index contributed by atoms with van der Waals surface area (Å²) in [5.74, 6) is -0.504. The first-order chi connectivity index (χ1) is 8.87. The number of hydrogen-bond donors (Lipinski definition) is 2. The van der Waals surface area contributed by atoms with Crippen LogP contribution in [0.5, 0.6) is 0 Å². The lowest BCUT2D eigenvalue weighted by Crippen LogP contribution is -2.62. The van der Waals surface area contributed by atoms with Crippen LogP contribution in [-0.4, -0.2) is 72.3 Å². The van der Waals surface area contributed by atoms with Gasteiger partial charge in [0.1, 0.15) is 0 Å². The summed E-state index contributed by atoms with van der Waals surface area (Å²) in [6.45, 7) is 6.89. The highest BCUT2D eigenvalue weighted by Crippen LogP contribution is 2.17. The Morgan fingerprint density at radius 3 is 2.26 bits per heavy atom. The van der Waals surface area contributed by atoms with Gasteiger partial charge in [-0.1, -0.05) is 0 Å². The normalized spacial score (nSPS) is 23.2. The fraction of sp³-hybridized carbons (Fsp3) is 0.750. The van der Waals surface area contributed by atoms with E-state index in [1.165, 1.54) is 0 Å². The van der Waals surface area contributed by atoms with E-state index in [1.807, 2.05) is 18.7 Å². The largest absolute Gasteiger partial charge is 0.354 e. The highest BCUT2D eigenvalue weighted by atomic mass is 16.2. The van der Waals surface area contributed by atoms with E-state index in [1.54, 1.807) is 0 Å². The molecular weight excluding hydrogens is 248 g/mol. The predicted octanol–water partition coefficient (Wildman–Crippen LogP) is -1.84. The van der Waals surface area contributed by atoms with Gasteiger partial charge in [-0.2, -0.15) is 0 Å². The molecule has 3 amide bonds. The molecule has 0 aliphatic carbocycles. The summed E-state index contributed by atoms with van der Waals surface area (Å²) in [7, 11) is 0. The van der Waals surface area contributed by atoms with Crippen molar-refractivity contribution in [2.75, 3.05) is 39.3 Å². The minimum Gasteiger partial charge on any atom is -0.354 e. The summed E-state index contributed by atoms with van der Waals surface area (Å²) >= 11 is 0. The molecule has 2 N–H and O–H groups in total. The van der Waals surface area contributed by atoms with Crippen molar-refractivity contribution in [3.05, 3.63) is 0 Å². The van der Waals surface area contributed by atoms with E-state index in [2.05, 4.69) is 15.5 Å². The van der Waals surface area contributed by atoms with E-state index in [0.29, 0.717) is 19.6 Å². The third kappa shape index (κ3) is 3.51. The molecular formula is C12H20N4O3. The van der Waals surface area contributed by atoms with E-state index in [0.717, 1.165) is 6.54 Å². The zero-order valence-corrected chi connectivity index (χ0v) is 11.4. The number of nitrogens with zero attached hydrogens (tertiary/aromatic N) is 2. The third-order valence-electron chi connectivity index (χ3n) is 3.53. The van der Waals surface area contributed by atoms with Gasteiger partial charge in [0, 0.05) is 25.2 Å². The van der Waals surface area contributed by atoms with Crippen molar-refractivity contribution in [1.82, 2.24) is 20.4 Å². The predicted molar refractivity (Wildman–Crippen MR) is 68.3 cm³/mol. The Morgan fingerprint density at radius 1 is 1.05 bits per heavy atom. The van der Waals surface area contributed by atoms with Gasteiger partial charge in [0.2, 0.25) is 17.7 Å². The van der Waals surface area contributed by atoms with E-state index >= 15 is 0 Å². The van der Waals surface area contributed by atoms with E-state index in [9.17, 15) is 14.4 Å². The van der Waals surface area contributed by atoms with Crippen molar-refractivity contribution in [2.24, 2.45) is 0 Å². The van der Waals surface area contributed by atoms with Gasteiger partial charge in [0.15, 0.2) is 0 Å². The van der Waals surface area contributed by atoms with E-state index in [-0.39, 0.29) is 36.3 Å². The number of amides is 3. The van der Waals surface area contributed by atoms with Gasteiger partial charge in [-0.3, -0.25) is 29.5 Å². The second-order valence-electron chi connectivity index (χ2n) is 5.70. The summed E-state index contributed by atoms with van der Waals surface area (Å²) in [4.78, 5) is 38.1. The fourth-order valence-electron chi connectivity index (χ4n) is 2.54. The van der Waals surface area contributed by atoms with Crippen LogP contribution in [0.3, 0.4) is 0 Å². The Balaban J connectivity index is 1.98. The zero-order chi connectivity index (χ0) is 14.0. The second kappa shape index (κ2) is 5.26. The lowest BCUT2D eigenvalue weighted by atomic mass is 10.00. The Bertz CT molecular complexity index is 392. The first-order valence-corrected chi connectivity index (χ1v) is 6.43. The second-order valence-corrected chi connectivity index (χ2v) is 5.70. The van der Waals surface area contributed by atoms with Crippen molar-refractivity contribution in [1.29, 1.82) is 0 Å². The first kappa shape index (κ1) is 14.0. The van der Waals surface area contributed by atoms with Gasteiger partial charge < -0.3 is 5.32 Å². The number of rotatable bonds is 3. The van der Waals surface area contributed by atoms with Gasteiger partial charge >= 0.3 is 0 Å². The van der Waals surface area contributed by atoms with Crippen LogP contribution in [0, 0.1) is 0 Å². The summed E-state index contributed by atoms with van der Waals surface area (Å²) in [6.07, 6.45) is 0. The minimum absolute atomic E-state index is 0.0227. The minimum atomic E-state index is -0.328. The monoisotopic (exact) mass is 268 g/mol. The molecule has 2 heterocycles. The number of carbonyl (C=O) groups excluding carboxylic acids is 3. The van der Waals surface area contributed by atoms with Gasteiger partial charge in [-0.05, 0) is 13.8 Å². The summed E-state index contributed by atoms with van der Waals surface area (Å²) in [6, 6.07) is 0. The molecule has 7 nitrogen and oxygen atoms in total. The first-order valence-electron chi connectivity index (χ1n) is 6.43. The van der Waals surface area contributed by atoms with Crippen LogP contribution in [0.25, 0.3) is 0 Å². The smallest absolute Gasteiger partial charge is 0.240 e.